The number of carbonyl (C=O) groups excluding carboxylic acids is 2. The van der Waals surface area contributed by atoms with Crippen LogP contribution in [0.1, 0.15) is 24.9 Å². The fraction of sp³-hybridized carbons (Fsp3) is 0.333. The van der Waals surface area contributed by atoms with Crippen molar-refractivity contribution in [1.82, 2.24) is 15.5 Å². The molecule has 110 valence electrons. The van der Waals surface area contributed by atoms with Crippen molar-refractivity contribution in [2.45, 2.75) is 19.4 Å². The molecular formula is C15H16ClN3O2. The molecule has 2 aliphatic heterocycles. The number of urea groups is 1. The highest BCUT2D eigenvalue weighted by Gasteiger charge is 2.40. The Kier molecular flexibility index (Phi) is 3.59. The van der Waals surface area contributed by atoms with Gasteiger partial charge in [0.15, 0.2) is 0 Å². The van der Waals surface area contributed by atoms with E-state index in [-0.39, 0.29) is 11.9 Å². The topological polar surface area (TPSA) is 61.4 Å². The van der Waals surface area contributed by atoms with Gasteiger partial charge in [-0.15, -0.1) is 0 Å². The van der Waals surface area contributed by atoms with Crippen LogP contribution in [-0.4, -0.2) is 29.9 Å². The molecule has 0 bridgehead atoms. The molecule has 1 unspecified atom stereocenters. The van der Waals surface area contributed by atoms with Crippen LogP contribution in [0.4, 0.5) is 4.79 Å². The SMILES string of the molecule is CCCN1CC2=C(C1=O)C(c1ccccc1Cl)NC(=O)N2. The Morgan fingerprint density at radius 3 is 2.81 bits per heavy atom. The van der Waals surface area contributed by atoms with Crippen LogP contribution in [-0.2, 0) is 4.79 Å². The van der Waals surface area contributed by atoms with Crippen LogP contribution < -0.4 is 10.6 Å². The highest BCUT2D eigenvalue weighted by atomic mass is 35.5. The van der Waals surface area contributed by atoms with E-state index in [0.717, 1.165) is 12.0 Å². The van der Waals surface area contributed by atoms with Crippen molar-refractivity contribution in [2.24, 2.45) is 0 Å². The van der Waals surface area contributed by atoms with Crippen molar-refractivity contribution in [3.8, 4) is 0 Å². The Morgan fingerprint density at radius 1 is 1.33 bits per heavy atom. The number of nitrogens with zero attached hydrogens (tertiary/aromatic N) is 1. The Labute approximate surface area is 128 Å². The highest BCUT2D eigenvalue weighted by Crippen LogP contribution is 2.35. The maximum atomic E-state index is 12.6. The monoisotopic (exact) mass is 305 g/mol. The van der Waals surface area contributed by atoms with Gasteiger partial charge >= 0.3 is 6.03 Å². The number of benzene rings is 1. The van der Waals surface area contributed by atoms with E-state index < -0.39 is 6.04 Å². The number of halogens is 1. The normalized spacial score (nSPS) is 21.2. The Morgan fingerprint density at radius 2 is 2.10 bits per heavy atom. The average molecular weight is 306 g/mol. The molecule has 1 atom stereocenters. The fourth-order valence-electron chi connectivity index (χ4n) is 2.82. The van der Waals surface area contributed by atoms with Crippen LogP contribution in [0, 0.1) is 0 Å². The predicted molar refractivity (Wildman–Crippen MR) is 79.8 cm³/mol. The second-order valence-electron chi connectivity index (χ2n) is 5.17. The second-order valence-corrected chi connectivity index (χ2v) is 5.58. The molecule has 1 aromatic carbocycles. The lowest BCUT2D eigenvalue weighted by molar-refractivity contribution is -0.125. The highest BCUT2D eigenvalue weighted by molar-refractivity contribution is 6.31. The summed E-state index contributed by atoms with van der Waals surface area (Å²) in [6.45, 7) is 3.15. The first kappa shape index (κ1) is 13.9. The van der Waals surface area contributed by atoms with Crippen LogP contribution in [0.3, 0.4) is 0 Å². The first-order valence-corrected chi connectivity index (χ1v) is 7.34. The van der Waals surface area contributed by atoms with Crippen molar-refractivity contribution in [2.75, 3.05) is 13.1 Å². The van der Waals surface area contributed by atoms with Gasteiger partial charge in [-0.2, -0.15) is 0 Å². The third kappa shape index (κ3) is 2.38. The molecule has 2 aliphatic rings. The lowest BCUT2D eigenvalue weighted by atomic mass is 9.96. The van der Waals surface area contributed by atoms with Gasteiger partial charge < -0.3 is 15.5 Å². The molecule has 5 nitrogen and oxygen atoms in total. The minimum Gasteiger partial charge on any atom is -0.333 e. The van der Waals surface area contributed by atoms with Crippen molar-refractivity contribution in [3.63, 3.8) is 0 Å². The molecule has 0 radical (unpaired) electrons. The summed E-state index contributed by atoms with van der Waals surface area (Å²) in [7, 11) is 0. The van der Waals surface area contributed by atoms with Gasteiger partial charge in [0.05, 0.1) is 23.9 Å². The Balaban J connectivity index is 2.01. The van der Waals surface area contributed by atoms with Crippen LogP contribution in [0.5, 0.6) is 0 Å². The largest absolute Gasteiger partial charge is 0.333 e. The zero-order valence-corrected chi connectivity index (χ0v) is 12.4. The molecule has 6 heteroatoms. The van der Waals surface area contributed by atoms with Gasteiger partial charge in [0.1, 0.15) is 0 Å². The molecule has 0 aliphatic carbocycles. The van der Waals surface area contributed by atoms with E-state index in [1.165, 1.54) is 0 Å². The van der Waals surface area contributed by atoms with Crippen LogP contribution in [0.2, 0.25) is 5.02 Å². The molecule has 1 aromatic rings. The summed E-state index contributed by atoms with van der Waals surface area (Å²) in [4.78, 5) is 26.2. The summed E-state index contributed by atoms with van der Waals surface area (Å²) in [6.07, 6.45) is 0.879. The molecule has 21 heavy (non-hydrogen) atoms. The maximum Gasteiger partial charge on any atom is 0.319 e. The molecule has 0 aromatic heterocycles. The predicted octanol–water partition coefficient (Wildman–Crippen LogP) is 2.20. The third-order valence-corrected chi connectivity index (χ3v) is 4.07. The van der Waals surface area contributed by atoms with Gasteiger partial charge in [-0.3, -0.25) is 4.79 Å². The van der Waals surface area contributed by atoms with Crippen LogP contribution in [0.15, 0.2) is 35.5 Å². The van der Waals surface area contributed by atoms with Gasteiger partial charge in [-0.25, -0.2) is 4.79 Å². The number of hydrogen-bond acceptors (Lipinski definition) is 2. The van der Waals surface area contributed by atoms with Gasteiger partial charge in [-0.1, -0.05) is 36.7 Å². The van der Waals surface area contributed by atoms with E-state index in [2.05, 4.69) is 10.6 Å². The van der Waals surface area contributed by atoms with E-state index in [1.54, 1.807) is 11.0 Å². The molecule has 0 saturated carbocycles. The van der Waals surface area contributed by atoms with Gasteiger partial charge in [0.25, 0.3) is 5.91 Å². The molecule has 3 rings (SSSR count). The lowest BCUT2D eigenvalue weighted by Gasteiger charge is -2.26. The Hall–Kier alpha value is -2.01. The van der Waals surface area contributed by atoms with Gasteiger partial charge in [-0.05, 0) is 18.1 Å². The van der Waals surface area contributed by atoms with Crippen molar-refractivity contribution in [1.29, 1.82) is 0 Å². The molecule has 0 saturated heterocycles. The molecule has 2 heterocycles. The van der Waals surface area contributed by atoms with E-state index in [0.29, 0.717) is 29.4 Å². The number of hydrogen-bond donors (Lipinski definition) is 2. The lowest BCUT2D eigenvalue weighted by Crippen LogP contribution is -2.44. The van der Waals surface area contributed by atoms with Crippen LogP contribution >= 0.6 is 11.6 Å². The Bertz CT molecular complexity index is 642. The van der Waals surface area contributed by atoms with Crippen molar-refractivity contribution < 1.29 is 9.59 Å². The quantitative estimate of drug-likeness (QED) is 0.899. The summed E-state index contributed by atoms with van der Waals surface area (Å²) < 4.78 is 0. The van der Waals surface area contributed by atoms with E-state index in [4.69, 9.17) is 11.6 Å². The number of rotatable bonds is 3. The molecule has 3 amide bonds. The molecular weight excluding hydrogens is 290 g/mol. The minimum atomic E-state index is -0.489. The summed E-state index contributed by atoms with van der Waals surface area (Å²) in [6, 6.07) is 6.47. The zero-order chi connectivity index (χ0) is 15.0. The molecule has 0 fully saturated rings. The number of nitrogens with one attached hydrogen (secondary N) is 2. The summed E-state index contributed by atoms with van der Waals surface area (Å²) in [5.41, 5.74) is 2.02. The maximum absolute atomic E-state index is 12.6. The second kappa shape index (κ2) is 5.41. The van der Waals surface area contributed by atoms with Gasteiger partial charge in [0.2, 0.25) is 0 Å². The molecule has 2 N–H and O–H groups in total. The summed E-state index contributed by atoms with van der Waals surface area (Å²) in [5.74, 6) is -0.0377. The summed E-state index contributed by atoms with van der Waals surface area (Å²) in [5, 5.41) is 6.08. The first-order chi connectivity index (χ1) is 10.1. The molecule has 0 spiro atoms. The van der Waals surface area contributed by atoms with E-state index in [1.807, 2.05) is 25.1 Å². The van der Waals surface area contributed by atoms with Crippen molar-refractivity contribution >= 4 is 23.5 Å². The fourth-order valence-corrected chi connectivity index (χ4v) is 3.07. The average Bonchev–Trinajstić information content (AvgIpc) is 2.75. The first-order valence-electron chi connectivity index (χ1n) is 6.96. The summed E-state index contributed by atoms with van der Waals surface area (Å²) >= 11 is 6.22. The zero-order valence-electron chi connectivity index (χ0n) is 11.6. The van der Waals surface area contributed by atoms with Crippen molar-refractivity contribution in [3.05, 3.63) is 46.1 Å². The minimum absolute atomic E-state index is 0.0377. The number of carbonyl (C=O) groups is 2. The van der Waals surface area contributed by atoms with E-state index >= 15 is 0 Å². The third-order valence-electron chi connectivity index (χ3n) is 3.73. The van der Waals surface area contributed by atoms with Crippen LogP contribution in [0.25, 0.3) is 0 Å². The standard InChI is InChI=1S/C15H16ClN3O2/c1-2-7-19-8-11-12(14(19)20)13(18-15(21)17-11)9-5-3-4-6-10(9)16/h3-6,13H,2,7-8H2,1H3,(H2,17,18,21). The van der Waals surface area contributed by atoms with E-state index in [9.17, 15) is 9.59 Å². The number of amides is 3. The van der Waals surface area contributed by atoms with Gasteiger partial charge in [0, 0.05) is 11.6 Å². The smallest absolute Gasteiger partial charge is 0.319 e.